The molecule has 19 heavy (non-hydrogen) atoms. The average molecular weight is 284 g/mol. The Morgan fingerprint density at radius 1 is 1.21 bits per heavy atom. The van der Waals surface area contributed by atoms with E-state index in [-0.39, 0.29) is 42.3 Å². The highest BCUT2D eigenvalue weighted by Gasteiger charge is 2.29. The van der Waals surface area contributed by atoms with Gasteiger partial charge in [-0.3, -0.25) is 14.9 Å². The summed E-state index contributed by atoms with van der Waals surface area (Å²) in [7, 11) is -3.76. The van der Waals surface area contributed by atoms with E-state index in [1.165, 1.54) is 22.5 Å². The minimum absolute atomic E-state index is 0.0329. The van der Waals surface area contributed by atoms with Gasteiger partial charge in [-0.15, -0.1) is 0 Å². The molecule has 1 aromatic carbocycles. The molecule has 1 aliphatic rings. The van der Waals surface area contributed by atoms with Crippen LogP contribution in [0.5, 0.6) is 0 Å². The molecule has 0 saturated carbocycles. The number of sulfonamides is 1. The van der Waals surface area contributed by atoms with Gasteiger partial charge >= 0.3 is 0 Å². The number of Topliss-reactive ketones (excluding diaryl/α,β-unsaturated/α-hetero) is 1. The lowest BCUT2D eigenvalue weighted by Gasteiger charge is -2.25. The summed E-state index contributed by atoms with van der Waals surface area (Å²) < 4.78 is 25.7. The first-order valence-electron chi connectivity index (χ1n) is 5.67. The SMILES string of the molecule is O=C1CCN(S(=O)(=O)c2cccc([N+](=O)[O-])c2)CC1. The van der Waals surface area contributed by atoms with Crippen LogP contribution in [0.1, 0.15) is 12.8 Å². The van der Waals surface area contributed by atoms with Crippen molar-refractivity contribution >= 4 is 21.5 Å². The lowest BCUT2D eigenvalue weighted by Crippen LogP contribution is -2.38. The Hall–Kier alpha value is -1.80. The molecule has 2 rings (SSSR count). The van der Waals surface area contributed by atoms with Crippen LogP contribution in [0.3, 0.4) is 0 Å². The lowest BCUT2D eigenvalue weighted by molar-refractivity contribution is -0.385. The molecular weight excluding hydrogens is 272 g/mol. The first kappa shape index (κ1) is 13.6. The highest BCUT2D eigenvalue weighted by molar-refractivity contribution is 7.89. The van der Waals surface area contributed by atoms with Gasteiger partial charge in [-0.2, -0.15) is 4.31 Å². The van der Waals surface area contributed by atoms with Gasteiger partial charge in [-0.1, -0.05) is 6.07 Å². The van der Waals surface area contributed by atoms with Gasteiger partial charge in [0.1, 0.15) is 5.78 Å². The molecule has 0 bridgehead atoms. The second-order valence-corrected chi connectivity index (χ2v) is 6.14. The highest BCUT2D eigenvalue weighted by Crippen LogP contribution is 2.22. The van der Waals surface area contributed by atoms with Crippen molar-refractivity contribution in [2.45, 2.75) is 17.7 Å². The van der Waals surface area contributed by atoms with Crippen molar-refractivity contribution in [2.75, 3.05) is 13.1 Å². The third-order valence-corrected chi connectivity index (χ3v) is 4.84. The number of hydrogen-bond donors (Lipinski definition) is 0. The van der Waals surface area contributed by atoms with Crippen molar-refractivity contribution in [1.82, 2.24) is 4.31 Å². The Labute approximate surface area is 110 Å². The van der Waals surface area contributed by atoms with Gasteiger partial charge in [0, 0.05) is 38.1 Å². The van der Waals surface area contributed by atoms with Crippen LogP contribution in [0.25, 0.3) is 0 Å². The van der Waals surface area contributed by atoms with E-state index >= 15 is 0 Å². The predicted molar refractivity (Wildman–Crippen MR) is 66.1 cm³/mol. The molecule has 0 amide bonds. The molecule has 7 nitrogen and oxygen atoms in total. The molecule has 1 aromatic rings. The van der Waals surface area contributed by atoms with Crippen LogP contribution in [0.2, 0.25) is 0 Å². The monoisotopic (exact) mass is 284 g/mol. The molecular formula is C11H12N2O5S. The fraction of sp³-hybridized carbons (Fsp3) is 0.364. The molecule has 0 radical (unpaired) electrons. The van der Waals surface area contributed by atoms with Crippen LogP contribution < -0.4 is 0 Å². The second-order valence-electron chi connectivity index (χ2n) is 4.20. The van der Waals surface area contributed by atoms with Crippen molar-refractivity contribution in [1.29, 1.82) is 0 Å². The molecule has 8 heteroatoms. The number of nitro groups is 1. The number of carbonyl (C=O) groups excluding carboxylic acids is 1. The molecule has 1 fully saturated rings. The van der Waals surface area contributed by atoms with E-state index in [4.69, 9.17) is 0 Å². The topological polar surface area (TPSA) is 97.6 Å². The Morgan fingerprint density at radius 3 is 2.42 bits per heavy atom. The quantitative estimate of drug-likeness (QED) is 0.608. The maximum Gasteiger partial charge on any atom is 0.270 e. The second kappa shape index (κ2) is 5.06. The highest BCUT2D eigenvalue weighted by atomic mass is 32.2. The van der Waals surface area contributed by atoms with Gasteiger partial charge in [0.25, 0.3) is 5.69 Å². The van der Waals surface area contributed by atoms with Crippen molar-refractivity contribution < 1.29 is 18.1 Å². The van der Waals surface area contributed by atoms with Crippen LogP contribution in [0.4, 0.5) is 5.69 Å². The lowest BCUT2D eigenvalue weighted by atomic mass is 10.1. The fourth-order valence-corrected chi connectivity index (χ4v) is 3.36. The van der Waals surface area contributed by atoms with Gasteiger partial charge in [-0.25, -0.2) is 8.42 Å². The summed E-state index contributed by atoms with van der Waals surface area (Å²) >= 11 is 0. The number of rotatable bonds is 3. The summed E-state index contributed by atoms with van der Waals surface area (Å²) in [5, 5.41) is 10.7. The van der Waals surface area contributed by atoms with Gasteiger partial charge in [0.15, 0.2) is 0 Å². The molecule has 102 valence electrons. The summed E-state index contributed by atoms with van der Waals surface area (Å²) in [5.41, 5.74) is -0.269. The van der Waals surface area contributed by atoms with Gasteiger partial charge in [0.2, 0.25) is 10.0 Å². The molecule has 0 unspecified atom stereocenters. The normalized spacial score (nSPS) is 17.4. The number of nitrogens with zero attached hydrogens (tertiary/aromatic N) is 2. The van der Waals surface area contributed by atoms with Crippen molar-refractivity contribution in [2.24, 2.45) is 0 Å². The van der Waals surface area contributed by atoms with Crippen LogP contribution in [-0.4, -0.2) is 36.5 Å². The van der Waals surface area contributed by atoms with Gasteiger partial charge in [-0.05, 0) is 6.07 Å². The van der Waals surface area contributed by atoms with Gasteiger partial charge in [0.05, 0.1) is 9.82 Å². The zero-order valence-electron chi connectivity index (χ0n) is 9.98. The summed E-state index contributed by atoms with van der Waals surface area (Å²) in [6, 6.07) is 4.92. The van der Waals surface area contributed by atoms with Crippen LogP contribution in [-0.2, 0) is 14.8 Å². The molecule has 1 aliphatic heterocycles. The number of non-ortho nitro benzene ring substituents is 1. The number of piperidine rings is 1. The first-order chi connectivity index (χ1) is 8.91. The number of hydrogen-bond acceptors (Lipinski definition) is 5. The van der Waals surface area contributed by atoms with E-state index in [2.05, 4.69) is 0 Å². The fourth-order valence-electron chi connectivity index (χ4n) is 1.88. The maximum absolute atomic E-state index is 12.3. The van der Waals surface area contributed by atoms with E-state index < -0.39 is 14.9 Å². The van der Waals surface area contributed by atoms with Crippen molar-refractivity contribution in [3.63, 3.8) is 0 Å². The zero-order chi connectivity index (χ0) is 14.0. The Kier molecular flexibility index (Phi) is 3.63. The average Bonchev–Trinajstić information content (AvgIpc) is 2.39. The van der Waals surface area contributed by atoms with E-state index in [1.807, 2.05) is 0 Å². The molecule has 0 spiro atoms. The third kappa shape index (κ3) is 2.79. The van der Waals surface area contributed by atoms with E-state index in [0.29, 0.717) is 0 Å². The standard InChI is InChI=1S/C11H12N2O5S/c14-10-4-6-12(7-5-10)19(17,18)11-3-1-2-9(8-11)13(15)16/h1-3,8H,4-7H2. The third-order valence-electron chi connectivity index (χ3n) is 2.95. The molecule has 0 aromatic heterocycles. The zero-order valence-corrected chi connectivity index (χ0v) is 10.8. The minimum Gasteiger partial charge on any atom is -0.300 e. The van der Waals surface area contributed by atoms with E-state index in [0.717, 1.165) is 6.07 Å². The molecule has 0 atom stereocenters. The van der Waals surface area contributed by atoms with E-state index in [1.54, 1.807) is 0 Å². The van der Waals surface area contributed by atoms with E-state index in [9.17, 15) is 23.3 Å². The largest absolute Gasteiger partial charge is 0.300 e. The van der Waals surface area contributed by atoms with Crippen LogP contribution >= 0.6 is 0 Å². The number of carbonyl (C=O) groups is 1. The first-order valence-corrected chi connectivity index (χ1v) is 7.11. The summed E-state index contributed by atoms with van der Waals surface area (Å²) in [6.45, 7) is 0.258. The minimum atomic E-state index is -3.76. The summed E-state index contributed by atoms with van der Waals surface area (Å²) in [5.74, 6) is 0.0329. The Balaban J connectivity index is 2.31. The smallest absolute Gasteiger partial charge is 0.270 e. The molecule has 1 heterocycles. The predicted octanol–water partition coefficient (Wildman–Crippen LogP) is 0.948. The van der Waals surface area contributed by atoms with Crippen molar-refractivity contribution in [3.05, 3.63) is 34.4 Å². The Bertz CT molecular complexity index is 616. The van der Waals surface area contributed by atoms with Gasteiger partial charge < -0.3 is 0 Å². The Morgan fingerprint density at radius 2 is 1.84 bits per heavy atom. The summed E-state index contributed by atoms with van der Waals surface area (Å²) in [4.78, 5) is 21.0. The summed E-state index contributed by atoms with van der Waals surface area (Å²) in [6.07, 6.45) is 0.377. The number of nitro benzene ring substituents is 1. The van der Waals surface area contributed by atoms with Crippen LogP contribution in [0, 0.1) is 10.1 Å². The number of ketones is 1. The molecule has 0 aliphatic carbocycles. The maximum atomic E-state index is 12.3. The van der Waals surface area contributed by atoms with Crippen LogP contribution in [0.15, 0.2) is 29.2 Å². The number of benzene rings is 1. The van der Waals surface area contributed by atoms with Crippen molar-refractivity contribution in [3.8, 4) is 0 Å². The molecule has 1 saturated heterocycles. The molecule has 0 N–H and O–H groups in total.